The molecule has 1 aliphatic heterocycles. The second-order valence-electron chi connectivity index (χ2n) is 11.7. The summed E-state index contributed by atoms with van der Waals surface area (Å²) in [6.45, 7) is 3.29. The highest BCUT2D eigenvalue weighted by Gasteiger charge is 2.28. The normalized spacial score (nSPS) is 13.8. The first-order valence-corrected chi connectivity index (χ1v) is 15.5. The van der Waals surface area contributed by atoms with E-state index in [9.17, 15) is 4.79 Å². The Hall–Kier alpha value is -5.40. The third-order valence-electron chi connectivity index (χ3n) is 8.36. The molecule has 7 heteroatoms. The lowest BCUT2D eigenvalue weighted by Crippen LogP contribution is -2.20. The number of rotatable bonds is 10. The van der Waals surface area contributed by atoms with Crippen LogP contribution in [-0.4, -0.2) is 21.6 Å². The molecule has 0 fully saturated rings. The van der Waals surface area contributed by atoms with Crippen LogP contribution in [0.4, 0.5) is 0 Å². The summed E-state index contributed by atoms with van der Waals surface area (Å²) < 4.78 is 21.0. The van der Waals surface area contributed by atoms with Gasteiger partial charge in [-0.15, -0.1) is 0 Å². The van der Waals surface area contributed by atoms with Crippen LogP contribution in [-0.2, 0) is 37.5 Å². The smallest absolute Gasteiger partial charge is 0.347 e. The Labute approximate surface area is 268 Å². The van der Waals surface area contributed by atoms with Gasteiger partial charge in [-0.2, -0.15) is 0 Å². The van der Waals surface area contributed by atoms with Crippen LogP contribution >= 0.6 is 0 Å². The molecule has 0 radical (unpaired) electrons. The minimum absolute atomic E-state index is 0.106. The lowest BCUT2D eigenvalue weighted by atomic mass is 10.0. The predicted molar refractivity (Wildman–Crippen MR) is 179 cm³/mol. The fraction of sp³-hybridized carbons (Fsp3) is 0.179. The van der Waals surface area contributed by atoms with Gasteiger partial charge in [0.05, 0.1) is 5.69 Å². The average molecular weight is 610 g/mol. The molecule has 230 valence electrons. The van der Waals surface area contributed by atoms with Crippen LogP contribution in [0.15, 0.2) is 115 Å². The average Bonchev–Trinajstić information content (AvgIpc) is 3.62. The maximum absolute atomic E-state index is 13.9. The zero-order chi connectivity index (χ0) is 31.5. The molecule has 46 heavy (non-hydrogen) atoms. The molecule has 0 saturated heterocycles. The minimum atomic E-state index is -0.564. The van der Waals surface area contributed by atoms with E-state index in [2.05, 4.69) is 28.8 Å². The van der Waals surface area contributed by atoms with Gasteiger partial charge in [-0.3, -0.25) is 0 Å². The Morgan fingerprint density at radius 3 is 2.07 bits per heavy atom. The van der Waals surface area contributed by atoms with Crippen LogP contribution in [0.1, 0.15) is 38.3 Å². The van der Waals surface area contributed by atoms with E-state index in [0.29, 0.717) is 11.4 Å². The number of benzene rings is 4. The van der Waals surface area contributed by atoms with Crippen LogP contribution < -0.4 is 15.2 Å². The molecule has 4 aromatic carbocycles. The monoisotopic (exact) mass is 609 g/mol. The van der Waals surface area contributed by atoms with Gasteiger partial charge >= 0.3 is 5.97 Å². The number of carbonyl (C=O) groups is 1. The first-order chi connectivity index (χ1) is 22.5. The molecule has 0 amide bonds. The van der Waals surface area contributed by atoms with Gasteiger partial charge in [0.25, 0.3) is 0 Å². The van der Waals surface area contributed by atoms with Crippen molar-refractivity contribution in [3.63, 3.8) is 0 Å². The number of ether oxygens (including phenoxy) is 3. The van der Waals surface area contributed by atoms with Crippen molar-refractivity contribution in [2.45, 2.75) is 45.8 Å². The van der Waals surface area contributed by atoms with E-state index in [0.717, 1.165) is 51.7 Å². The number of carbonyl (C=O) groups excluding carboxylic acids is 1. The SMILES string of the molecule is Cc1c(-c2ccc3cc4n(c3c2)CC(N)C4)nc(OCc2ccccc2)c(C(=O)OCc2ccccc2)c1OCc1ccccc1. The second-order valence-corrected chi connectivity index (χ2v) is 11.7. The Morgan fingerprint density at radius 2 is 1.41 bits per heavy atom. The molecule has 2 aromatic heterocycles. The Balaban J connectivity index is 1.34. The molecule has 6 aromatic rings. The molecule has 0 spiro atoms. The number of hydrogen-bond donors (Lipinski definition) is 1. The zero-order valence-corrected chi connectivity index (χ0v) is 25.7. The summed E-state index contributed by atoms with van der Waals surface area (Å²) in [7, 11) is 0. The molecule has 0 saturated carbocycles. The number of fused-ring (bicyclic) bond motifs is 3. The van der Waals surface area contributed by atoms with Crippen molar-refractivity contribution in [1.82, 2.24) is 9.55 Å². The molecule has 2 N–H and O–H groups in total. The van der Waals surface area contributed by atoms with Crippen molar-refractivity contribution in [2.24, 2.45) is 5.73 Å². The highest BCUT2D eigenvalue weighted by molar-refractivity contribution is 5.97. The minimum Gasteiger partial charge on any atom is -0.487 e. The van der Waals surface area contributed by atoms with E-state index in [1.165, 1.54) is 5.69 Å². The number of pyridine rings is 1. The van der Waals surface area contributed by atoms with E-state index in [4.69, 9.17) is 24.9 Å². The number of nitrogens with two attached hydrogens (primary N) is 1. The van der Waals surface area contributed by atoms with Gasteiger partial charge < -0.3 is 24.5 Å². The summed E-state index contributed by atoms with van der Waals surface area (Å²) >= 11 is 0. The van der Waals surface area contributed by atoms with Crippen LogP contribution in [0.2, 0.25) is 0 Å². The second kappa shape index (κ2) is 12.9. The number of nitrogens with zero attached hydrogens (tertiary/aromatic N) is 2. The molecule has 1 atom stereocenters. The summed E-state index contributed by atoms with van der Waals surface area (Å²) in [6, 6.07) is 37.9. The molecule has 0 bridgehead atoms. The third-order valence-corrected chi connectivity index (χ3v) is 8.36. The van der Waals surface area contributed by atoms with Crippen molar-refractivity contribution < 1.29 is 19.0 Å². The van der Waals surface area contributed by atoms with Crippen molar-refractivity contribution in [1.29, 1.82) is 0 Å². The lowest BCUT2D eigenvalue weighted by molar-refractivity contribution is 0.0460. The predicted octanol–water partition coefficient (Wildman–Crippen LogP) is 7.41. The van der Waals surface area contributed by atoms with Gasteiger partial charge in [-0.1, -0.05) is 103 Å². The maximum atomic E-state index is 13.9. The summed E-state index contributed by atoms with van der Waals surface area (Å²) in [5, 5.41) is 1.16. The van der Waals surface area contributed by atoms with Gasteiger partial charge in [-0.05, 0) is 41.1 Å². The van der Waals surface area contributed by atoms with Gasteiger partial charge in [0, 0.05) is 41.3 Å². The van der Waals surface area contributed by atoms with Gasteiger partial charge in [0.15, 0.2) is 5.56 Å². The summed E-state index contributed by atoms with van der Waals surface area (Å²) in [4.78, 5) is 19.0. The van der Waals surface area contributed by atoms with E-state index in [1.807, 2.05) is 97.9 Å². The first kappa shape index (κ1) is 29.3. The van der Waals surface area contributed by atoms with Crippen molar-refractivity contribution >= 4 is 16.9 Å². The van der Waals surface area contributed by atoms with Crippen LogP contribution in [0.25, 0.3) is 22.2 Å². The molecular formula is C39H35N3O4. The van der Waals surface area contributed by atoms with E-state index in [-0.39, 0.29) is 37.3 Å². The van der Waals surface area contributed by atoms with Crippen LogP contribution in [0.5, 0.6) is 11.6 Å². The zero-order valence-electron chi connectivity index (χ0n) is 25.7. The molecule has 7 nitrogen and oxygen atoms in total. The highest BCUT2D eigenvalue weighted by Crippen LogP contribution is 2.40. The molecule has 1 unspecified atom stereocenters. The van der Waals surface area contributed by atoms with Gasteiger partial charge in [-0.25, -0.2) is 9.78 Å². The standard InChI is InChI=1S/C39H35N3O4/c1-26-36(31-18-17-30-19-33-21-32(40)22-42(33)34(30)20-31)41-38(45-24-28-13-7-3-8-14-28)35(37(26)44-23-27-11-5-2-6-12-27)39(43)46-25-29-15-9-4-10-16-29/h2-20,32H,21-25,40H2,1H3. The number of aromatic nitrogens is 2. The van der Waals surface area contributed by atoms with Crippen LogP contribution in [0, 0.1) is 6.92 Å². The summed E-state index contributed by atoms with van der Waals surface area (Å²) in [5.41, 5.74) is 13.9. The number of esters is 1. The Morgan fingerprint density at radius 1 is 0.804 bits per heavy atom. The summed E-state index contributed by atoms with van der Waals surface area (Å²) in [5.74, 6) is -0.0171. The van der Waals surface area contributed by atoms with Crippen molar-refractivity contribution in [3.8, 4) is 22.9 Å². The lowest BCUT2D eigenvalue weighted by Gasteiger charge is -2.20. The molecule has 7 rings (SSSR count). The Bertz CT molecular complexity index is 1990. The molecule has 0 aliphatic carbocycles. The van der Waals surface area contributed by atoms with Crippen molar-refractivity contribution in [3.05, 3.63) is 149 Å². The molecule has 1 aliphatic rings. The summed E-state index contributed by atoms with van der Waals surface area (Å²) in [6.07, 6.45) is 0.857. The first-order valence-electron chi connectivity index (χ1n) is 15.5. The maximum Gasteiger partial charge on any atom is 0.347 e. The molecular weight excluding hydrogens is 574 g/mol. The van der Waals surface area contributed by atoms with Crippen LogP contribution in [0.3, 0.4) is 0 Å². The van der Waals surface area contributed by atoms with Gasteiger partial charge in [0.1, 0.15) is 25.6 Å². The quantitative estimate of drug-likeness (QED) is 0.163. The molecule has 3 heterocycles. The fourth-order valence-corrected chi connectivity index (χ4v) is 6.04. The highest BCUT2D eigenvalue weighted by atomic mass is 16.5. The van der Waals surface area contributed by atoms with E-state index < -0.39 is 5.97 Å². The third kappa shape index (κ3) is 6.10. The van der Waals surface area contributed by atoms with E-state index >= 15 is 0 Å². The Kier molecular flexibility index (Phi) is 8.23. The topological polar surface area (TPSA) is 88.6 Å². The van der Waals surface area contributed by atoms with Crippen molar-refractivity contribution in [2.75, 3.05) is 0 Å². The van der Waals surface area contributed by atoms with E-state index in [1.54, 1.807) is 0 Å². The van der Waals surface area contributed by atoms with Gasteiger partial charge in [0.2, 0.25) is 5.88 Å². The largest absolute Gasteiger partial charge is 0.487 e. The fourth-order valence-electron chi connectivity index (χ4n) is 6.04. The number of hydrogen-bond acceptors (Lipinski definition) is 6.